The summed E-state index contributed by atoms with van der Waals surface area (Å²) in [5.41, 5.74) is 0.647. The number of hydrogen-bond donors (Lipinski definition) is 1. The predicted molar refractivity (Wildman–Crippen MR) is 116 cm³/mol. The van der Waals surface area contributed by atoms with Crippen molar-refractivity contribution in [2.45, 2.75) is 63.7 Å². The molecule has 1 N–H and O–H groups in total. The number of methoxy groups -OCH3 is 2. The zero-order chi connectivity index (χ0) is 22.0. The van der Waals surface area contributed by atoms with Crippen molar-refractivity contribution in [3.8, 4) is 17.2 Å². The molecule has 3 aliphatic rings. The maximum Gasteiger partial charge on any atom is 0.222 e. The Balaban J connectivity index is 1.63. The van der Waals surface area contributed by atoms with Crippen LogP contribution in [0.25, 0.3) is 0 Å². The minimum atomic E-state index is -0.348. The Morgan fingerprint density at radius 3 is 2.81 bits per heavy atom. The first-order valence-electron chi connectivity index (χ1n) is 11.4. The summed E-state index contributed by atoms with van der Waals surface area (Å²) in [4.78, 5) is 12.7. The predicted octanol–water partition coefficient (Wildman–Crippen LogP) is 3.64. The SMILES string of the molecule is COCCC(=O)N[C@@]1(C)C[C@H](c2cc(OC)c3c(c2)OCCO3)O[C@@H]2C[C@H](C)CC[C@H]21. The van der Waals surface area contributed by atoms with E-state index >= 15 is 0 Å². The lowest BCUT2D eigenvalue weighted by Gasteiger charge is -2.52. The van der Waals surface area contributed by atoms with Crippen LogP contribution in [0.15, 0.2) is 12.1 Å². The minimum absolute atomic E-state index is 0.0297. The third kappa shape index (κ3) is 4.62. The fourth-order valence-electron chi connectivity index (χ4n) is 5.40. The first-order chi connectivity index (χ1) is 14.9. The van der Waals surface area contributed by atoms with E-state index < -0.39 is 0 Å². The number of rotatable bonds is 6. The van der Waals surface area contributed by atoms with Gasteiger partial charge in [-0.3, -0.25) is 4.79 Å². The van der Waals surface area contributed by atoms with E-state index in [1.165, 1.54) is 0 Å². The van der Waals surface area contributed by atoms with E-state index in [1.54, 1.807) is 14.2 Å². The minimum Gasteiger partial charge on any atom is -0.493 e. The molecule has 0 bridgehead atoms. The largest absolute Gasteiger partial charge is 0.493 e. The van der Waals surface area contributed by atoms with Crippen molar-refractivity contribution < 1.29 is 28.5 Å². The smallest absolute Gasteiger partial charge is 0.222 e. The molecule has 172 valence electrons. The monoisotopic (exact) mass is 433 g/mol. The summed E-state index contributed by atoms with van der Waals surface area (Å²) < 4.78 is 28.9. The van der Waals surface area contributed by atoms with Gasteiger partial charge in [-0.1, -0.05) is 13.3 Å². The molecule has 7 nitrogen and oxygen atoms in total. The lowest BCUT2D eigenvalue weighted by molar-refractivity contribution is -0.154. The van der Waals surface area contributed by atoms with Gasteiger partial charge in [0.2, 0.25) is 11.7 Å². The number of carbonyl (C=O) groups excluding carboxylic acids is 1. The molecule has 0 unspecified atom stereocenters. The molecule has 1 aliphatic carbocycles. The van der Waals surface area contributed by atoms with Gasteiger partial charge >= 0.3 is 0 Å². The number of carbonyl (C=O) groups is 1. The van der Waals surface area contributed by atoms with Crippen molar-refractivity contribution in [2.24, 2.45) is 11.8 Å². The molecule has 5 atom stereocenters. The maximum atomic E-state index is 12.7. The Kier molecular flexibility index (Phi) is 6.63. The van der Waals surface area contributed by atoms with Crippen LogP contribution >= 0.6 is 0 Å². The van der Waals surface area contributed by atoms with E-state index in [4.69, 9.17) is 23.7 Å². The second kappa shape index (κ2) is 9.25. The van der Waals surface area contributed by atoms with Crippen LogP contribution in [0.5, 0.6) is 17.2 Å². The zero-order valence-electron chi connectivity index (χ0n) is 19.1. The van der Waals surface area contributed by atoms with Gasteiger partial charge in [-0.05, 0) is 43.4 Å². The van der Waals surface area contributed by atoms with Crippen LogP contribution in [0, 0.1) is 11.8 Å². The van der Waals surface area contributed by atoms with Crippen LogP contribution in [0.4, 0.5) is 0 Å². The highest BCUT2D eigenvalue weighted by atomic mass is 16.6. The Bertz CT molecular complexity index is 781. The Morgan fingerprint density at radius 1 is 1.23 bits per heavy atom. The number of nitrogens with one attached hydrogen (secondary N) is 1. The highest BCUT2D eigenvalue weighted by molar-refractivity contribution is 5.77. The second-order valence-corrected chi connectivity index (χ2v) is 9.35. The molecular weight excluding hydrogens is 398 g/mol. The highest BCUT2D eigenvalue weighted by Crippen LogP contribution is 2.50. The average molecular weight is 434 g/mol. The van der Waals surface area contributed by atoms with Gasteiger partial charge in [-0.25, -0.2) is 0 Å². The van der Waals surface area contributed by atoms with Gasteiger partial charge < -0.3 is 29.0 Å². The fourth-order valence-corrected chi connectivity index (χ4v) is 5.40. The summed E-state index contributed by atoms with van der Waals surface area (Å²) in [7, 11) is 3.26. The van der Waals surface area contributed by atoms with Gasteiger partial charge in [-0.15, -0.1) is 0 Å². The molecule has 1 aromatic carbocycles. The molecule has 2 fully saturated rings. The molecule has 0 radical (unpaired) electrons. The van der Waals surface area contributed by atoms with E-state index in [0.717, 1.165) is 24.8 Å². The molecule has 7 heteroatoms. The molecule has 2 aliphatic heterocycles. The summed E-state index contributed by atoms with van der Waals surface area (Å²) in [5.74, 6) is 2.93. The fraction of sp³-hybridized carbons (Fsp3) is 0.708. The normalized spacial score (nSPS) is 32.1. The van der Waals surface area contributed by atoms with Gasteiger partial charge in [0.05, 0.1) is 25.9 Å². The van der Waals surface area contributed by atoms with E-state index in [9.17, 15) is 4.79 Å². The Labute approximate surface area is 184 Å². The lowest BCUT2D eigenvalue weighted by atomic mass is 9.66. The van der Waals surface area contributed by atoms with Crippen molar-refractivity contribution >= 4 is 5.91 Å². The molecule has 0 aromatic heterocycles. The van der Waals surface area contributed by atoms with Gasteiger partial charge in [0, 0.05) is 31.4 Å². The third-order valence-corrected chi connectivity index (χ3v) is 7.00. The van der Waals surface area contributed by atoms with E-state index in [1.807, 2.05) is 12.1 Å². The molecule has 1 saturated heterocycles. The van der Waals surface area contributed by atoms with Crippen molar-refractivity contribution in [2.75, 3.05) is 34.0 Å². The molecule has 4 rings (SSSR count). The quantitative estimate of drug-likeness (QED) is 0.738. The number of hydrogen-bond acceptors (Lipinski definition) is 6. The van der Waals surface area contributed by atoms with E-state index in [2.05, 4.69) is 19.2 Å². The molecular formula is C24H35NO6. The molecule has 1 saturated carbocycles. The number of benzene rings is 1. The third-order valence-electron chi connectivity index (χ3n) is 7.00. The average Bonchev–Trinajstić information content (AvgIpc) is 2.76. The summed E-state index contributed by atoms with van der Waals surface area (Å²) >= 11 is 0. The van der Waals surface area contributed by atoms with Crippen molar-refractivity contribution in [3.05, 3.63) is 17.7 Å². The van der Waals surface area contributed by atoms with Gasteiger partial charge in [-0.2, -0.15) is 0 Å². The van der Waals surface area contributed by atoms with Gasteiger partial charge in [0.1, 0.15) is 13.2 Å². The maximum absolute atomic E-state index is 12.7. The molecule has 1 aromatic rings. The van der Waals surface area contributed by atoms with Gasteiger partial charge in [0.15, 0.2) is 11.5 Å². The Hall–Kier alpha value is -1.99. The van der Waals surface area contributed by atoms with E-state index in [0.29, 0.717) is 61.7 Å². The topological polar surface area (TPSA) is 75.3 Å². The van der Waals surface area contributed by atoms with Gasteiger partial charge in [0.25, 0.3) is 0 Å². The van der Waals surface area contributed by atoms with Crippen LogP contribution in [-0.4, -0.2) is 51.6 Å². The van der Waals surface area contributed by atoms with Crippen LogP contribution in [0.1, 0.15) is 57.6 Å². The van der Waals surface area contributed by atoms with Crippen molar-refractivity contribution in [1.82, 2.24) is 5.32 Å². The number of ether oxygens (including phenoxy) is 5. The highest BCUT2D eigenvalue weighted by Gasteiger charge is 2.49. The lowest BCUT2D eigenvalue weighted by Crippen LogP contribution is -2.60. The van der Waals surface area contributed by atoms with Crippen LogP contribution in [0.3, 0.4) is 0 Å². The Morgan fingerprint density at radius 2 is 2.03 bits per heavy atom. The summed E-state index contributed by atoms with van der Waals surface area (Å²) in [5, 5.41) is 3.35. The van der Waals surface area contributed by atoms with Crippen LogP contribution < -0.4 is 19.5 Å². The molecule has 2 heterocycles. The molecule has 0 spiro atoms. The first kappa shape index (κ1) is 22.2. The molecule has 31 heavy (non-hydrogen) atoms. The zero-order valence-corrected chi connectivity index (χ0v) is 19.1. The summed E-state index contributed by atoms with van der Waals surface area (Å²) in [6.07, 6.45) is 4.23. The first-order valence-corrected chi connectivity index (χ1v) is 11.4. The van der Waals surface area contributed by atoms with Crippen LogP contribution in [-0.2, 0) is 14.3 Å². The second-order valence-electron chi connectivity index (χ2n) is 9.35. The number of fused-ring (bicyclic) bond motifs is 2. The van der Waals surface area contributed by atoms with E-state index in [-0.39, 0.29) is 23.7 Å². The van der Waals surface area contributed by atoms with Crippen LogP contribution in [0.2, 0.25) is 0 Å². The van der Waals surface area contributed by atoms with Crippen molar-refractivity contribution in [3.63, 3.8) is 0 Å². The summed E-state index contributed by atoms with van der Waals surface area (Å²) in [6, 6.07) is 3.99. The summed E-state index contributed by atoms with van der Waals surface area (Å²) in [6.45, 7) is 5.91. The molecule has 1 amide bonds. The number of amides is 1. The standard InChI is InChI=1S/C24H35NO6/c1-15-5-6-17-18(11-15)31-21(14-24(17,2)25-22(26)7-8-27-3)16-12-19(28-4)23-20(13-16)29-9-10-30-23/h12-13,15,17-18,21H,5-11,14H2,1-4H3,(H,25,26)/t15-,17-,18-,21-,24+/m1/s1. The van der Waals surface area contributed by atoms with Crippen molar-refractivity contribution in [1.29, 1.82) is 0 Å².